The zero-order chi connectivity index (χ0) is 13.8. The number of carboxylic acids is 2. The zero-order valence-electron chi connectivity index (χ0n) is 11.3. The first kappa shape index (κ1) is 15.0. The fraction of sp³-hybridized carbons (Fsp3) is 0.857. The molecule has 2 N–H and O–H groups in total. The van der Waals surface area contributed by atoms with Gasteiger partial charge in [-0.3, -0.25) is 9.59 Å². The first-order valence-electron chi connectivity index (χ1n) is 6.78. The number of aliphatic carboxylic acids is 2. The Labute approximate surface area is 108 Å². The van der Waals surface area contributed by atoms with Crippen LogP contribution in [0.2, 0.25) is 0 Å². The van der Waals surface area contributed by atoms with Crippen LogP contribution < -0.4 is 0 Å². The van der Waals surface area contributed by atoms with Crippen molar-refractivity contribution in [3.05, 3.63) is 0 Å². The standard InChI is InChI=1S/C8H14O4.C6H10/c1-8(2,7(11)12)5-3-4-6(9)10;1-2-6-4-3-5(1)6/h3-5H2,1-2H3,(H,9,10)(H,11,12);5-6H,1-4H2. The summed E-state index contributed by atoms with van der Waals surface area (Å²) in [7, 11) is 0. The topological polar surface area (TPSA) is 74.6 Å². The van der Waals surface area contributed by atoms with Crippen molar-refractivity contribution < 1.29 is 19.8 Å². The van der Waals surface area contributed by atoms with Gasteiger partial charge in [-0.05, 0) is 64.2 Å². The van der Waals surface area contributed by atoms with Crippen LogP contribution in [-0.2, 0) is 9.59 Å². The molecule has 0 radical (unpaired) electrons. The Morgan fingerprint density at radius 1 is 1.06 bits per heavy atom. The van der Waals surface area contributed by atoms with Gasteiger partial charge in [-0.1, -0.05) is 0 Å². The van der Waals surface area contributed by atoms with Crippen molar-refractivity contribution in [3.63, 3.8) is 0 Å². The van der Waals surface area contributed by atoms with Gasteiger partial charge in [0.25, 0.3) is 0 Å². The molecule has 0 atom stereocenters. The minimum absolute atomic E-state index is 0.0384. The van der Waals surface area contributed by atoms with E-state index in [0.29, 0.717) is 12.8 Å². The van der Waals surface area contributed by atoms with Crippen LogP contribution in [0.25, 0.3) is 0 Å². The third-order valence-electron chi connectivity index (χ3n) is 4.25. The zero-order valence-corrected chi connectivity index (χ0v) is 11.3. The molecule has 4 nitrogen and oxygen atoms in total. The summed E-state index contributed by atoms with van der Waals surface area (Å²) in [6.07, 6.45) is 7.09. The molecule has 0 spiro atoms. The van der Waals surface area contributed by atoms with Crippen LogP contribution in [0, 0.1) is 17.3 Å². The molecule has 18 heavy (non-hydrogen) atoms. The van der Waals surface area contributed by atoms with Gasteiger partial charge in [0.05, 0.1) is 5.41 Å². The summed E-state index contributed by atoms with van der Waals surface area (Å²) in [5.74, 6) is 0.666. The monoisotopic (exact) mass is 256 g/mol. The van der Waals surface area contributed by atoms with Crippen LogP contribution >= 0.6 is 0 Å². The van der Waals surface area contributed by atoms with E-state index in [2.05, 4.69) is 0 Å². The summed E-state index contributed by atoms with van der Waals surface area (Å²) in [5, 5.41) is 17.0. The Bertz CT molecular complexity index is 291. The van der Waals surface area contributed by atoms with Gasteiger partial charge in [-0.15, -0.1) is 0 Å². The molecule has 0 aromatic rings. The van der Waals surface area contributed by atoms with Gasteiger partial charge in [0.2, 0.25) is 0 Å². The fourth-order valence-corrected chi connectivity index (χ4v) is 2.35. The molecule has 0 aromatic carbocycles. The molecular weight excluding hydrogens is 232 g/mol. The van der Waals surface area contributed by atoms with Crippen molar-refractivity contribution in [3.8, 4) is 0 Å². The van der Waals surface area contributed by atoms with Crippen LogP contribution in [0.5, 0.6) is 0 Å². The number of fused-ring (bicyclic) bond motifs is 1. The van der Waals surface area contributed by atoms with Crippen molar-refractivity contribution >= 4 is 11.9 Å². The maximum atomic E-state index is 10.5. The van der Waals surface area contributed by atoms with E-state index in [4.69, 9.17) is 10.2 Å². The van der Waals surface area contributed by atoms with E-state index in [1.54, 1.807) is 39.5 Å². The molecule has 0 saturated heterocycles. The molecule has 2 fully saturated rings. The predicted molar refractivity (Wildman–Crippen MR) is 68.4 cm³/mol. The van der Waals surface area contributed by atoms with E-state index >= 15 is 0 Å². The van der Waals surface area contributed by atoms with Gasteiger partial charge >= 0.3 is 11.9 Å². The second-order valence-corrected chi connectivity index (χ2v) is 6.11. The molecular formula is C14H24O4. The Morgan fingerprint density at radius 2 is 1.50 bits per heavy atom. The molecule has 4 heteroatoms. The lowest BCUT2D eigenvalue weighted by Gasteiger charge is -2.46. The average molecular weight is 256 g/mol. The predicted octanol–water partition coefficient (Wildman–Crippen LogP) is 3.16. The fourth-order valence-electron chi connectivity index (χ4n) is 2.35. The Balaban J connectivity index is 0.000000217. The first-order chi connectivity index (χ1) is 8.33. The minimum atomic E-state index is -0.882. The highest BCUT2D eigenvalue weighted by Gasteiger charge is 2.37. The summed E-state index contributed by atoms with van der Waals surface area (Å²) in [6.45, 7) is 3.19. The van der Waals surface area contributed by atoms with E-state index < -0.39 is 17.4 Å². The van der Waals surface area contributed by atoms with E-state index in [1.165, 1.54) is 11.8 Å². The number of carboxylic acid groups (broad SMARTS) is 2. The van der Waals surface area contributed by atoms with Crippen molar-refractivity contribution in [2.75, 3.05) is 0 Å². The molecule has 0 heterocycles. The molecule has 0 unspecified atom stereocenters. The Hall–Kier alpha value is -1.06. The molecule has 0 aliphatic heterocycles. The molecule has 0 bridgehead atoms. The Kier molecular flexibility index (Phi) is 5.17. The number of hydrogen-bond donors (Lipinski definition) is 2. The molecule has 0 aromatic heterocycles. The van der Waals surface area contributed by atoms with Crippen molar-refractivity contribution in [2.24, 2.45) is 17.3 Å². The summed E-state index contributed by atoms with van der Waals surface area (Å²) >= 11 is 0. The van der Waals surface area contributed by atoms with Crippen LogP contribution in [0.4, 0.5) is 0 Å². The van der Waals surface area contributed by atoms with Gasteiger partial charge in [-0.25, -0.2) is 0 Å². The van der Waals surface area contributed by atoms with Gasteiger partial charge in [0, 0.05) is 6.42 Å². The van der Waals surface area contributed by atoms with E-state index in [1.807, 2.05) is 0 Å². The largest absolute Gasteiger partial charge is 0.481 e. The highest BCUT2D eigenvalue weighted by Crippen LogP contribution is 2.49. The van der Waals surface area contributed by atoms with Crippen molar-refractivity contribution in [2.45, 2.75) is 58.8 Å². The minimum Gasteiger partial charge on any atom is -0.481 e. The second kappa shape index (κ2) is 6.21. The third kappa shape index (κ3) is 4.31. The number of hydrogen-bond acceptors (Lipinski definition) is 2. The maximum Gasteiger partial charge on any atom is 0.309 e. The molecule has 2 aliphatic rings. The summed E-state index contributed by atoms with van der Waals surface area (Å²) in [5.41, 5.74) is -0.810. The highest BCUT2D eigenvalue weighted by molar-refractivity contribution is 5.73. The number of rotatable bonds is 5. The smallest absolute Gasteiger partial charge is 0.309 e. The van der Waals surface area contributed by atoms with E-state index in [0.717, 1.165) is 0 Å². The van der Waals surface area contributed by atoms with Crippen LogP contribution in [0.15, 0.2) is 0 Å². The lowest BCUT2D eigenvalue weighted by molar-refractivity contribution is -0.148. The van der Waals surface area contributed by atoms with Crippen molar-refractivity contribution in [1.82, 2.24) is 0 Å². The van der Waals surface area contributed by atoms with Gasteiger partial charge in [-0.2, -0.15) is 0 Å². The summed E-state index contributed by atoms with van der Waals surface area (Å²) in [6, 6.07) is 0. The third-order valence-corrected chi connectivity index (χ3v) is 4.25. The van der Waals surface area contributed by atoms with E-state index in [-0.39, 0.29) is 6.42 Å². The lowest BCUT2D eigenvalue weighted by Crippen LogP contribution is -2.34. The van der Waals surface area contributed by atoms with Crippen LogP contribution in [-0.4, -0.2) is 22.2 Å². The lowest BCUT2D eigenvalue weighted by atomic mass is 9.60. The van der Waals surface area contributed by atoms with Crippen LogP contribution in [0.1, 0.15) is 58.8 Å². The molecule has 2 aliphatic carbocycles. The average Bonchev–Trinajstić information content (AvgIpc) is 2.23. The molecule has 0 amide bonds. The SMILES string of the molecule is C1CC2CCC12.CC(C)(CCCC(=O)O)C(=O)O. The van der Waals surface area contributed by atoms with Crippen molar-refractivity contribution in [1.29, 1.82) is 0 Å². The van der Waals surface area contributed by atoms with E-state index in [9.17, 15) is 9.59 Å². The quantitative estimate of drug-likeness (QED) is 0.792. The summed E-state index contributed by atoms with van der Waals surface area (Å²) < 4.78 is 0. The maximum absolute atomic E-state index is 10.5. The molecule has 2 rings (SSSR count). The van der Waals surface area contributed by atoms with Gasteiger partial charge in [0.1, 0.15) is 0 Å². The van der Waals surface area contributed by atoms with Crippen LogP contribution in [0.3, 0.4) is 0 Å². The highest BCUT2D eigenvalue weighted by atomic mass is 16.4. The summed E-state index contributed by atoms with van der Waals surface area (Å²) in [4.78, 5) is 20.7. The van der Waals surface area contributed by atoms with Gasteiger partial charge in [0.15, 0.2) is 0 Å². The first-order valence-corrected chi connectivity index (χ1v) is 6.78. The normalized spacial score (nSPS) is 24.8. The second-order valence-electron chi connectivity index (χ2n) is 6.11. The number of carbonyl (C=O) groups is 2. The molecule has 104 valence electrons. The molecule has 2 saturated carbocycles. The van der Waals surface area contributed by atoms with Gasteiger partial charge < -0.3 is 10.2 Å². The Morgan fingerprint density at radius 3 is 1.72 bits per heavy atom.